The predicted octanol–water partition coefficient (Wildman–Crippen LogP) is 3.27. The summed E-state index contributed by atoms with van der Waals surface area (Å²) in [5, 5.41) is 0.428. The minimum absolute atomic E-state index is 0.238. The highest BCUT2D eigenvalue weighted by Crippen LogP contribution is 2.39. The Balaban J connectivity index is 2.09. The van der Waals surface area contributed by atoms with Crippen molar-refractivity contribution in [3.05, 3.63) is 29.8 Å². The van der Waals surface area contributed by atoms with Crippen molar-refractivity contribution < 1.29 is 4.39 Å². The van der Waals surface area contributed by atoms with Gasteiger partial charge in [0.1, 0.15) is 11.3 Å². The van der Waals surface area contributed by atoms with E-state index >= 15 is 0 Å². The molecule has 1 fully saturated rings. The first kappa shape index (κ1) is 9.21. The summed E-state index contributed by atoms with van der Waals surface area (Å²) in [6, 6.07) is 5.03. The van der Waals surface area contributed by atoms with Gasteiger partial charge in [-0.15, -0.1) is 0 Å². The van der Waals surface area contributed by atoms with Gasteiger partial charge in [-0.2, -0.15) is 11.8 Å². The van der Waals surface area contributed by atoms with Crippen LogP contribution in [0.4, 0.5) is 4.39 Å². The van der Waals surface area contributed by atoms with Crippen molar-refractivity contribution in [2.75, 3.05) is 5.75 Å². The molecule has 1 N–H and O–H groups in total. The van der Waals surface area contributed by atoms with Crippen LogP contribution in [-0.4, -0.2) is 15.7 Å². The van der Waals surface area contributed by atoms with Gasteiger partial charge in [0.25, 0.3) is 0 Å². The molecule has 1 aromatic heterocycles. The number of fused-ring (bicyclic) bond motifs is 1. The number of thioether (sulfide) groups is 1. The second-order valence-corrected chi connectivity index (χ2v) is 5.07. The number of hydrogen-bond donors (Lipinski definition) is 1. The fourth-order valence-corrected chi connectivity index (χ4v) is 3.18. The topological polar surface area (TPSA) is 28.7 Å². The van der Waals surface area contributed by atoms with Crippen LogP contribution in [0.25, 0.3) is 11.0 Å². The summed E-state index contributed by atoms with van der Waals surface area (Å²) < 4.78 is 13.4. The lowest BCUT2D eigenvalue weighted by Crippen LogP contribution is -1.90. The lowest BCUT2D eigenvalue weighted by atomic mass is 10.2. The highest BCUT2D eigenvalue weighted by Gasteiger charge is 2.21. The Hall–Kier alpha value is -1.03. The molecule has 3 rings (SSSR count). The normalized spacial score (nSPS) is 21.3. The van der Waals surface area contributed by atoms with Crippen molar-refractivity contribution in [2.24, 2.45) is 0 Å². The number of imidazole rings is 1. The van der Waals surface area contributed by atoms with E-state index in [0.29, 0.717) is 10.8 Å². The zero-order valence-corrected chi connectivity index (χ0v) is 8.98. The second-order valence-electron chi connectivity index (χ2n) is 3.76. The third-order valence-electron chi connectivity index (χ3n) is 2.72. The molecule has 1 aromatic carbocycles. The maximum atomic E-state index is 13.4. The number of para-hydroxylation sites is 1. The Labute approximate surface area is 91.3 Å². The lowest BCUT2D eigenvalue weighted by Gasteiger charge is -2.01. The van der Waals surface area contributed by atoms with Gasteiger partial charge in [-0.3, -0.25) is 0 Å². The summed E-state index contributed by atoms with van der Waals surface area (Å²) in [5.41, 5.74) is 1.28. The van der Waals surface area contributed by atoms with Crippen molar-refractivity contribution in [1.29, 1.82) is 0 Å². The first-order valence-electron chi connectivity index (χ1n) is 5.10. The Kier molecular flexibility index (Phi) is 2.16. The van der Waals surface area contributed by atoms with Crippen LogP contribution < -0.4 is 0 Å². The van der Waals surface area contributed by atoms with Gasteiger partial charge in [0.2, 0.25) is 0 Å². The van der Waals surface area contributed by atoms with Crippen LogP contribution in [0, 0.1) is 5.82 Å². The average Bonchev–Trinajstić information content (AvgIpc) is 2.86. The van der Waals surface area contributed by atoms with Gasteiger partial charge in [-0.25, -0.2) is 9.37 Å². The van der Waals surface area contributed by atoms with Gasteiger partial charge < -0.3 is 4.98 Å². The summed E-state index contributed by atoms with van der Waals surface area (Å²) in [6.45, 7) is 0. The van der Waals surface area contributed by atoms with Gasteiger partial charge in [-0.1, -0.05) is 6.07 Å². The zero-order valence-electron chi connectivity index (χ0n) is 8.16. The maximum absolute atomic E-state index is 13.4. The predicted molar refractivity (Wildman–Crippen MR) is 60.5 cm³/mol. The molecule has 1 aliphatic heterocycles. The highest BCUT2D eigenvalue weighted by molar-refractivity contribution is 7.99. The number of H-pyrrole nitrogens is 1. The maximum Gasteiger partial charge on any atom is 0.151 e. The molecule has 2 heterocycles. The Morgan fingerprint density at radius 2 is 2.40 bits per heavy atom. The molecule has 0 radical (unpaired) electrons. The van der Waals surface area contributed by atoms with E-state index in [1.54, 1.807) is 6.07 Å². The van der Waals surface area contributed by atoms with Crippen molar-refractivity contribution >= 4 is 22.8 Å². The zero-order chi connectivity index (χ0) is 10.3. The van der Waals surface area contributed by atoms with E-state index in [9.17, 15) is 4.39 Å². The Bertz CT molecular complexity index is 488. The minimum atomic E-state index is -0.238. The molecule has 4 heteroatoms. The van der Waals surface area contributed by atoms with Gasteiger partial charge in [0.05, 0.1) is 10.8 Å². The van der Waals surface area contributed by atoms with Crippen LogP contribution in [0.3, 0.4) is 0 Å². The molecule has 0 saturated carbocycles. The molecular formula is C11H11FN2S. The molecule has 2 aromatic rings. The molecule has 1 aliphatic rings. The van der Waals surface area contributed by atoms with Gasteiger partial charge in [0.15, 0.2) is 5.82 Å². The third-order valence-corrected chi connectivity index (χ3v) is 4.10. The molecule has 1 saturated heterocycles. The summed E-state index contributed by atoms with van der Waals surface area (Å²) in [6.07, 6.45) is 2.38. The largest absolute Gasteiger partial charge is 0.341 e. The van der Waals surface area contributed by atoms with Gasteiger partial charge in [0, 0.05) is 0 Å². The molecule has 1 unspecified atom stereocenters. The first-order valence-corrected chi connectivity index (χ1v) is 6.15. The van der Waals surface area contributed by atoms with E-state index < -0.39 is 0 Å². The lowest BCUT2D eigenvalue weighted by molar-refractivity contribution is 0.637. The summed E-state index contributed by atoms with van der Waals surface area (Å²) in [5.74, 6) is 1.88. The SMILES string of the molecule is Fc1cccc2[nH]c(C3CCCS3)nc12. The molecule has 1 atom stereocenters. The number of halogens is 1. The van der Waals surface area contributed by atoms with Crippen molar-refractivity contribution in [3.8, 4) is 0 Å². The van der Waals surface area contributed by atoms with Crippen molar-refractivity contribution in [2.45, 2.75) is 18.1 Å². The first-order chi connectivity index (χ1) is 7.34. The summed E-state index contributed by atoms with van der Waals surface area (Å²) in [7, 11) is 0. The van der Waals surface area contributed by atoms with E-state index in [2.05, 4.69) is 9.97 Å². The number of aromatic amines is 1. The molecule has 0 aliphatic carbocycles. The standard InChI is InChI=1S/C11H11FN2S/c12-7-3-1-4-8-10(7)14-11(13-8)9-5-2-6-15-9/h1,3-4,9H,2,5-6H2,(H,13,14). The van der Waals surface area contributed by atoms with Crippen molar-refractivity contribution in [3.63, 3.8) is 0 Å². The van der Waals surface area contributed by atoms with Crippen LogP contribution in [0.15, 0.2) is 18.2 Å². The van der Waals surface area contributed by atoms with E-state index in [0.717, 1.165) is 17.8 Å². The van der Waals surface area contributed by atoms with Gasteiger partial charge >= 0.3 is 0 Å². The van der Waals surface area contributed by atoms with Crippen LogP contribution in [0.5, 0.6) is 0 Å². The number of hydrogen-bond acceptors (Lipinski definition) is 2. The average molecular weight is 222 g/mol. The number of nitrogens with one attached hydrogen (secondary N) is 1. The van der Waals surface area contributed by atoms with Crippen LogP contribution >= 0.6 is 11.8 Å². The molecule has 0 spiro atoms. The van der Waals surface area contributed by atoms with Gasteiger partial charge in [-0.05, 0) is 30.7 Å². The summed E-state index contributed by atoms with van der Waals surface area (Å²) >= 11 is 1.90. The van der Waals surface area contributed by atoms with Crippen LogP contribution in [0.1, 0.15) is 23.9 Å². The highest BCUT2D eigenvalue weighted by atomic mass is 32.2. The number of aromatic nitrogens is 2. The van der Waals surface area contributed by atoms with E-state index in [-0.39, 0.29) is 5.82 Å². The fraction of sp³-hybridized carbons (Fsp3) is 0.364. The van der Waals surface area contributed by atoms with E-state index in [1.165, 1.54) is 18.2 Å². The van der Waals surface area contributed by atoms with Crippen LogP contribution in [0.2, 0.25) is 0 Å². The summed E-state index contributed by atoms with van der Waals surface area (Å²) in [4.78, 5) is 7.55. The molecular weight excluding hydrogens is 211 g/mol. The second kappa shape index (κ2) is 3.52. The number of nitrogens with zero attached hydrogens (tertiary/aromatic N) is 1. The van der Waals surface area contributed by atoms with E-state index in [1.807, 2.05) is 17.8 Å². The Morgan fingerprint density at radius 1 is 1.47 bits per heavy atom. The third kappa shape index (κ3) is 1.53. The smallest absolute Gasteiger partial charge is 0.151 e. The molecule has 78 valence electrons. The monoisotopic (exact) mass is 222 g/mol. The molecule has 15 heavy (non-hydrogen) atoms. The number of benzene rings is 1. The molecule has 0 bridgehead atoms. The van der Waals surface area contributed by atoms with Crippen LogP contribution in [-0.2, 0) is 0 Å². The van der Waals surface area contributed by atoms with Crippen molar-refractivity contribution in [1.82, 2.24) is 9.97 Å². The number of rotatable bonds is 1. The minimum Gasteiger partial charge on any atom is -0.341 e. The quantitative estimate of drug-likeness (QED) is 0.802. The Morgan fingerprint density at radius 3 is 3.13 bits per heavy atom. The molecule has 0 amide bonds. The molecule has 2 nitrogen and oxygen atoms in total. The van der Waals surface area contributed by atoms with E-state index in [4.69, 9.17) is 0 Å². The fourth-order valence-electron chi connectivity index (χ4n) is 1.96.